The van der Waals surface area contributed by atoms with Gasteiger partial charge < -0.3 is 19.7 Å². The first-order valence-electron chi connectivity index (χ1n) is 14.5. The SMILES string of the molecule is C=C(CO)C(=O)OCC(COC(=O)C(C)(C)CO)C1CCC(C2CCC(CCCCCC)CC2)CC1. The normalized spacial score (nSPS) is 25.7. The average Bonchev–Trinajstić information content (AvgIpc) is 2.90. The minimum Gasteiger partial charge on any atom is -0.465 e. The second kappa shape index (κ2) is 15.8. The zero-order valence-electron chi connectivity index (χ0n) is 23.1. The molecule has 0 amide bonds. The molecule has 0 aromatic carbocycles. The molecule has 2 aliphatic carbocycles. The van der Waals surface area contributed by atoms with Crippen molar-refractivity contribution in [1.82, 2.24) is 0 Å². The molecular formula is C30H52O6. The highest BCUT2D eigenvalue weighted by Crippen LogP contribution is 2.44. The van der Waals surface area contributed by atoms with Gasteiger partial charge in [-0.1, -0.05) is 58.4 Å². The number of carbonyl (C=O) groups excluding carboxylic acids is 2. The number of rotatable bonds is 15. The third-order valence-corrected chi connectivity index (χ3v) is 8.79. The minimum atomic E-state index is -0.959. The summed E-state index contributed by atoms with van der Waals surface area (Å²) in [5.74, 6) is 1.71. The zero-order chi connectivity index (χ0) is 26.6. The van der Waals surface area contributed by atoms with Crippen LogP contribution in [0.25, 0.3) is 0 Å². The summed E-state index contributed by atoms with van der Waals surface area (Å²) in [7, 11) is 0. The maximum atomic E-state index is 12.4. The van der Waals surface area contributed by atoms with Gasteiger partial charge >= 0.3 is 11.9 Å². The summed E-state index contributed by atoms with van der Waals surface area (Å²) in [5.41, 5.74) is -0.935. The predicted molar refractivity (Wildman–Crippen MR) is 142 cm³/mol. The smallest absolute Gasteiger partial charge is 0.335 e. The Bertz CT molecular complexity index is 671. The van der Waals surface area contributed by atoms with Gasteiger partial charge in [0.15, 0.2) is 0 Å². The molecule has 1 unspecified atom stereocenters. The van der Waals surface area contributed by atoms with Crippen molar-refractivity contribution >= 4 is 11.9 Å². The molecule has 0 aromatic rings. The first kappa shape index (κ1) is 30.8. The van der Waals surface area contributed by atoms with Crippen LogP contribution < -0.4 is 0 Å². The highest BCUT2D eigenvalue weighted by molar-refractivity contribution is 5.87. The summed E-state index contributed by atoms with van der Waals surface area (Å²) in [6.07, 6.45) is 16.8. The summed E-state index contributed by atoms with van der Waals surface area (Å²) in [6, 6.07) is 0. The van der Waals surface area contributed by atoms with Crippen LogP contribution in [0, 0.1) is 35.0 Å². The number of hydrogen-bond donors (Lipinski definition) is 2. The van der Waals surface area contributed by atoms with Crippen molar-refractivity contribution in [2.24, 2.45) is 35.0 Å². The van der Waals surface area contributed by atoms with Gasteiger partial charge in [-0.3, -0.25) is 4.79 Å². The molecule has 2 N–H and O–H groups in total. The molecule has 1 atom stereocenters. The number of hydrogen-bond acceptors (Lipinski definition) is 6. The Morgan fingerprint density at radius 1 is 0.889 bits per heavy atom. The lowest BCUT2D eigenvalue weighted by atomic mass is 9.67. The van der Waals surface area contributed by atoms with E-state index in [2.05, 4.69) is 13.5 Å². The van der Waals surface area contributed by atoms with Gasteiger partial charge in [-0.25, -0.2) is 4.79 Å². The molecule has 2 saturated carbocycles. The fraction of sp³-hybridized carbons (Fsp3) is 0.867. The molecule has 6 nitrogen and oxygen atoms in total. The van der Waals surface area contributed by atoms with E-state index in [0.717, 1.165) is 30.6 Å². The molecule has 0 spiro atoms. The Kier molecular flexibility index (Phi) is 13.5. The van der Waals surface area contributed by atoms with Crippen molar-refractivity contribution in [2.45, 2.75) is 104 Å². The number of unbranched alkanes of at least 4 members (excludes halogenated alkanes) is 3. The largest absolute Gasteiger partial charge is 0.465 e. The third kappa shape index (κ3) is 9.81. The van der Waals surface area contributed by atoms with Gasteiger partial charge in [0.25, 0.3) is 0 Å². The van der Waals surface area contributed by atoms with Crippen LogP contribution in [-0.4, -0.2) is 48.6 Å². The summed E-state index contributed by atoms with van der Waals surface area (Å²) in [5, 5.41) is 18.6. The Morgan fingerprint density at radius 3 is 2.03 bits per heavy atom. The molecular weight excluding hydrogens is 456 g/mol. The summed E-state index contributed by atoms with van der Waals surface area (Å²) in [4.78, 5) is 24.5. The molecule has 0 radical (unpaired) electrons. The summed E-state index contributed by atoms with van der Waals surface area (Å²) in [6.45, 7) is 8.70. The van der Waals surface area contributed by atoms with Crippen molar-refractivity contribution in [3.63, 3.8) is 0 Å². The molecule has 208 valence electrons. The van der Waals surface area contributed by atoms with E-state index in [1.807, 2.05) is 0 Å². The van der Waals surface area contributed by atoms with E-state index in [1.165, 1.54) is 70.6 Å². The number of aliphatic hydroxyl groups excluding tert-OH is 2. The van der Waals surface area contributed by atoms with Gasteiger partial charge in [-0.2, -0.15) is 0 Å². The van der Waals surface area contributed by atoms with Gasteiger partial charge in [0.05, 0.1) is 37.4 Å². The van der Waals surface area contributed by atoms with Crippen LogP contribution in [0.1, 0.15) is 104 Å². The number of aliphatic hydroxyl groups is 2. The van der Waals surface area contributed by atoms with Crippen LogP contribution in [0.15, 0.2) is 12.2 Å². The van der Waals surface area contributed by atoms with Crippen LogP contribution >= 0.6 is 0 Å². The number of esters is 2. The molecule has 6 heteroatoms. The minimum absolute atomic E-state index is 0.0248. The summed E-state index contributed by atoms with van der Waals surface area (Å²) >= 11 is 0. The van der Waals surface area contributed by atoms with Crippen molar-refractivity contribution in [3.8, 4) is 0 Å². The molecule has 0 saturated heterocycles. The van der Waals surface area contributed by atoms with Crippen LogP contribution in [0.5, 0.6) is 0 Å². The average molecular weight is 509 g/mol. The molecule has 0 aliphatic heterocycles. The van der Waals surface area contributed by atoms with Crippen LogP contribution in [0.2, 0.25) is 0 Å². The third-order valence-electron chi connectivity index (χ3n) is 8.79. The highest BCUT2D eigenvalue weighted by Gasteiger charge is 2.35. The fourth-order valence-electron chi connectivity index (χ4n) is 6.01. The van der Waals surface area contributed by atoms with E-state index >= 15 is 0 Å². The Balaban J connectivity index is 1.85. The van der Waals surface area contributed by atoms with Gasteiger partial charge in [0.2, 0.25) is 0 Å². The molecule has 0 aromatic heterocycles. The van der Waals surface area contributed by atoms with E-state index in [0.29, 0.717) is 5.92 Å². The standard InChI is InChI=1S/C30H52O6/c1-5-6-7-8-9-23-10-12-24(13-11-23)25-14-16-26(17-15-25)27(19-35-28(33)22(2)18-31)20-36-29(34)30(3,4)21-32/h23-27,31-32H,2,5-21H2,1,3-4H3. The molecule has 36 heavy (non-hydrogen) atoms. The maximum Gasteiger partial charge on any atom is 0.335 e. The van der Waals surface area contributed by atoms with E-state index in [4.69, 9.17) is 14.6 Å². The summed E-state index contributed by atoms with van der Waals surface area (Å²) < 4.78 is 11.0. The van der Waals surface area contributed by atoms with Gasteiger partial charge in [0.1, 0.15) is 0 Å². The molecule has 2 rings (SSSR count). The predicted octanol–water partition coefficient (Wildman–Crippen LogP) is 5.84. The van der Waals surface area contributed by atoms with Gasteiger partial charge in [-0.15, -0.1) is 0 Å². The Hall–Kier alpha value is -1.40. The van der Waals surface area contributed by atoms with Crippen molar-refractivity contribution in [3.05, 3.63) is 12.2 Å². The highest BCUT2D eigenvalue weighted by atomic mass is 16.5. The van der Waals surface area contributed by atoms with E-state index in [9.17, 15) is 14.7 Å². The first-order chi connectivity index (χ1) is 17.2. The van der Waals surface area contributed by atoms with E-state index in [1.54, 1.807) is 13.8 Å². The second-order valence-corrected chi connectivity index (χ2v) is 12.1. The van der Waals surface area contributed by atoms with Crippen LogP contribution in [0.3, 0.4) is 0 Å². The van der Waals surface area contributed by atoms with Crippen molar-refractivity contribution in [1.29, 1.82) is 0 Å². The zero-order valence-corrected chi connectivity index (χ0v) is 23.1. The monoisotopic (exact) mass is 508 g/mol. The molecule has 0 heterocycles. The molecule has 2 fully saturated rings. The Morgan fingerprint density at radius 2 is 1.47 bits per heavy atom. The van der Waals surface area contributed by atoms with Crippen LogP contribution in [-0.2, 0) is 19.1 Å². The first-order valence-corrected chi connectivity index (χ1v) is 14.5. The Labute approximate surface area is 219 Å². The van der Waals surface area contributed by atoms with Gasteiger partial charge in [-0.05, 0) is 76.0 Å². The molecule has 0 bridgehead atoms. The molecule has 2 aliphatic rings. The lowest BCUT2D eigenvalue weighted by molar-refractivity contribution is -0.159. The quantitative estimate of drug-likeness (QED) is 0.164. The second-order valence-electron chi connectivity index (χ2n) is 12.1. The lowest BCUT2D eigenvalue weighted by Gasteiger charge is -2.39. The van der Waals surface area contributed by atoms with E-state index < -0.39 is 24.0 Å². The lowest BCUT2D eigenvalue weighted by Crippen LogP contribution is -2.36. The van der Waals surface area contributed by atoms with Crippen LogP contribution in [0.4, 0.5) is 0 Å². The van der Waals surface area contributed by atoms with Gasteiger partial charge in [0, 0.05) is 5.92 Å². The van der Waals surface area contributed by atoms with E-state index in [-0.39, 0.29) is 31.3 Å². The van der Waals surface area contributed by atoms with Crippen molar-refractivity contribution in [2.75, 3.05) is 26.4 Å². The number of ether oxygens (including phenoxy) is 2. The maximum absolute atomic E-state index is 12.4. The topological polar surface area (TPSA) is 93.1 Å². The van der Waals surface area contributed by atoms with Crippen molar-refractivity contribution < 1.29 is 29.3 Å². The number of carbonyl (C=O) groups is 2. The fourth-order valence-corrected chi connectivity index (χ4v) is 6.01.